The van der Waals surface area contributed by atoms with E-state index in [2.05, 4.69) is 85.8 Å². The highest BCUT2D eigenvalue weighted by Gasteiger charge is 2.12. The van der Waals surface area contributed by atoms with Crippen LogP contribution in [0.15, 0.2) is 90.0 Å². The molecule has 0 bridgehead atoms. The number of benzene rings is 2. The molecule has 0 aliphatic heterocycles. The predicted molar refractivity (Wildman–Crippen MR) is 86.4 cm³/mol. The van der Waals surface area contributed by atoms with Crippen molar-refractivity contribution in [3.8, 4) is 0 Å². The van der Waals surface area contributed by atoms with Crippen molar-refractivity contribution in [1.82, 2.24) is 0 Å². The smallest absolute Gasteiger partial charge is 0.00793 e. The topological polar surface area (TPSA) is 0 Å². The lowest BCUT2D eigenvalue weighted by Crippen LogP contribution is -1.94. The van der Waals surface area contributed by atoms with E-state index >= 15 is 0 Å². The Morgan fingerprint density at radius 1 is 0.800 bits per heavy atom. The molecule has 0 nitrogen and oxygen atoms in total. The van der Waals surface area contributed by atoms with E-state index in [0.29, 0.717) is 0 Å². The Kier molecular flexibility index (Phi) is 3.64. The number of allylic oxidation sites excluding steroid dienone is 5. The molecule has 0 spiro atoms. The molecule has 2 aromatic carbocycles. The fraction of sp³-hybridized carbons (Fsp3) is 0.100. The van der Waals surface area contributed by atoms with E-state index in [0.717, 1.165) is 6.42 Å². The van der Waals surface area contributed by atoms with Gasteiger partial charge < -0.3 is 0 Å². The molecule has 0 unspecified atom stereocenters. The molecule has 3 rings (SSSR count). The van der Waals surface area contributed by atoms with Gasteiger partial charge in [0.15, 0.2) is 0 Å². The second-order valence-electron chi connectivity index (χ2n) is 5.06. The Morgan fingerprint density at radius 3 is 1.80 bits per heavy atom. The molecule has 20 heavy (non-hydrogen) atoms. The SMILES string of the molecule is CC(C1=CC=CC1)=C(c1ccccc1)c1ccccc1. The summed E-state index contributed by atoms with van der Waals surface area (Å²) in [6.07, 6.45) is 7.62. The summed E-state index contributed by atoms with van der Waals surface area (Å²) in [5, 5.41) is 0. The van der Waals surface area contributed by atoms with Gasteiger partial charge in [0.05, 0.1) is 0 Å². The minimum absolute atomic E-state index is 1.04. The first-order valence-electron chi connectivity index (χ1n) is 7.04. The van der Waals surface area contributed by atoms with Crippen molar-refractivity contribution >= 4 is 5.57 Å². The minimum Gasteiger partial charge on any atom is -0.0801 e. The van der Waals surface area contributed by atoms with Crippen LogP contribution < -0.4 is 0 Å². The highest BCUT2D eigenvalue weighted by Crippen LogP contribution is 2.32. The Balaban J connectivity index is 2.16. The number of hydrogen-bond donors (Lipinski definition) is 0. The van der Waals surface area contributed by atoms with E-state index in [1.54, 1.807) is 0 Å². The van der Waals surface area contributed by atoms with Crippen LogP contribution in [0.3, 0.4) is 0 Å². The molecule has 0 atom stereocenters. The van der Waals surface area contributed by atoms with Crippen LogP contribution in [0.2, 0.25) is 0 Å². The Morgan fingerprint density at radius 2 is 1.35 bits per heavy atom. The molecule has 1 aliphatic carbocycles. The molecule has 0 radical (unpaired) electrons. The standard InChI is InChI=1S/C20H18/c1-16(17-10-8-9-11-17)20(18-12-4-2-5-13-18)19-14-6-3-7-15-19/h2-10,12-15H,11H2,1H3. The molecule has 0 fully saturated rings. The van der Waals surface area contributed by atoms with E-state index in [1.807, 2.05) is 0 Å². The largest absolute Gasteiger partial charge is 0.0801 e. The van der Waals surface area contributed by atoms with Crippen LogP contribution in [-0.2, 0) is 0 Å². The fourth-order valence-electron chi connectivity index (χ4n) is 2.70. The van der Waals surface area contributed by atoms with Crippen molar-refractivity contribution in [3.63, 3.8) is 0 Å². The second-order valence-corrected chi connectivity index (χ2v) is 5.06. The zero-order valence-corrected chi connectivity index (χ0v) is 11.7. The summed E-state index contributed by atoms with van der Waals surface area (Å²) in [4.78, 5) is 0. The average molecular weight is 258 g/mol. The van der Waals surface area contributed by atoms with Gasteiger partial charge >= 0.3 is 0 Å². The van der Waals surface area contributed by atoms with Crippen LogP contribution in [0.25, 0.3) is 5.57 Å². The normalized spacial score (nSPS) is 13.2. The van der Waals surface area contributed by atoms with E-state index in [9.17, 15) is 0 Å². The third-order valence-corrected chi connectivity index (χ3v) is 3.75. The predicted octanol–water partition coefficient (Wildman–Crippen LogP) is 5.39. The maximum Gasteiger partial charge on any atom is -0.00793 e. The van der Waals surface area contributed by atoms with Crippen molar-refractivity contribution in [2.45, 2.75) is 13.3 Å². The zero-order chi connectivity index (χ0) is 13.8. The summed E-state index contributed by atoms with van der Waals surface area (Å²) >= 11 is 0. The first kappa shape index (κ1) is 12.7. The van der Waals surface area contributed by atoms with Gasteiger partial charge in [0.2, 0.25) is 0 Å². The van der Waals surface area contributed by atoms with Crippen molar-refractivity contribution in [1.29, 1.82) is 0 Å². The van der Waals surface area contributed by atoms with Gasteiger partial charge in [-0.05, 0) is 41.2 Å². The molecule has 2 aromatic rings. The quantitative estimate of drug-likeness (QED) is 0.692. The molecular weight excluding hydrogens is 240 g/mol. The summed E-state index contributed by atoms with van der Waals surface area (Å²) in [6, 6.07) is 21.3. The van der Waals surface area contributed by atoms with Gasteiger partial charge in [0.25, 0.3) is 0 Å². The Hall–Kier alpha value is -2.34. The molecule has 0 heterocycles. The third-order valence-electron chi connectivity index (χ3n) is 3.75. The molecule has 0 saturated heterocycles. The summed E-state index contributed by atoms with van der Waals surface area (Å²) in [7, 11) is 0. The van der Waals surface area contributed by atoms with Gasteiger partial charge in [-0.25, -0.2) is 0 Å². The maximum absolute atomic E-state index is 2.23. The third kappa shape index (κ3) is 2.50. The molecule has 0 saturated carbocycles. The molecule has 0 aromatic heterocycles. The molecule has 0 amide bonds. The zero-order valence-electron chi connectivity index (χ0n) is 11.7. The maximum atomic E-state index is 2.23. The molecule has 1 aliphatic rings. The summed E-state index contributed by atoms with van der Waals surface area (Å²) in [5.74, 6) is 0. The van der Waals surface area contributed by atoms with E-state index < -0.39 is 0 Å². The highest BCUT2D eigenvalue weighted by atomic mass is 14.2. The van der Waals surface area contributed by atoms with Crippen LogP contribution in [0, 0.1) is 0 Å². The van der Waals surface area contributed by atoms with Crippen LogP contribution in [-0.4, -0.2) is 0 Å². The van der Waals surface area contributed by atoms with Crippen molar-refractivity contribution in [2.24, 2.45) is 0 Å². The molecular formula is C20H18. The Bertz CT molecular complexity index is 629. The van der Waals surface area contributed by atoms with Gasteiger partial charge in [-0.2, -0.15) is 0 Å². The van der Waals surface area contributed by atoms with Gasteiger partial charge in [-0.3, -0.25) is 0 Å². The van der Waals surface area contributed by atoms with Crippen molar-refractivity contribution in [3.05, 3.63) is 101 Å². The van der Waals surface area contributed by atoms with Crippen molar-refractivity contribution < 1.29 is 0 Å². The fourth-order valence-corrected chi connectivity index (χ4v) is 2.70. The average Bonchev–Trinajstić information content (AvgIpc) is 3.04. The lowest BCUT2D eigenvalue weighted by Gasteiger charge is -2.14. The van der Waals surface area contributed by atoms with Gasteiger partial charge in [0, 0.05) is 0 Å². The van der Waals surface area contributed by atoms with E-state index in [1.165, 1.54) is 27.8 Å². The summed E-state index contributed by atoms with van der Waals surface area (Å²) in [5.41, 5.74) is 6.68. The van der Waals surface area contributed by atoms with Crippen LogP contribution in [0.4, 0.5) is 0 Å². The first-order valence-corrected chi connectivity index (χ1v) is 7.04. The number of rotatable bonds is 3. The first-order chi connectivity index (χ1) is 9.86. The molecule has 98 valence electrons. The van der Waals surface area contributed by atoms with Gasteiger partial charge in [0.1, 0.15) is 0 Å². The highest BCUT2D eigenvalue weighted by molar-refractivity contribution is 5.84. The summed E-state index contributed by atoms with van der Waals surface area (Å²) in [6.45, 7) is 2.23. The number of hydrogen-bond acceptors (Lipinski definition) is 0. The Labute approximate surface area is 120 Å². The molecule has 0 heteroatoms. The van der Waals surface area contributed by atoms with E-state index in [4.69, 9.17) is 0 Å². The van der Waals surface area contributed by atoms with Gasteiger partial charge in [-0.1, -0.05) is 78.9 Å². The van der Waals surface area contributed by atoms with Crippen LogP contribution in [0.1, 0.15) is 24.5 Å². The summed E-state index contributed by atoms with van der Waals surface area (Å²) < 4.78 is 0. The minimum atomic E-state index is 1.04. The van der Waals surface area contributed by atoms with Crippen molar-refractivity contribution in [2.75, 3.05) is 0 Å². The van der Waals surface area contributed by atoms with Gasteiger partial charge in [-0.15, -0.1) is 0 Å². The van der Waals surface area contributed by atoms with Crippen LogP contribution >= 0.6 is 0 Å². The second kappa shape index (κ2) is 5.75. The lowest BCUT2D eigenvalue weighted by atomic mass is 9.90. The van der Waals surface area contributed by atoms with Crippen LogP contribution in [0.5, 0.6) is 0 Å². The monoisotopic (exact) mass is 258 g/mol. The lowest BCUT2D eigenvalue weighted by molar-refractivity contribution is 1.24. The molecule has 0 N–H and O–H groups in total. The van der Waals surface area contributed by atoms with E-state index in [-0.39, 0.29) is 0 Å².